The predicted octanol–water partition coefficient (Wildman–Crippen LogP) is 3.77. The van der Waals surface area contributed by atoms with Gasteiger partial charge >= 0.3 is 0 Å². The molecular weight excluding hydrogens is 262 g/mol. The maximum atomic E-state index is 12.2. The molecule has 0 bridgehead atoms. The van der Waals surface area contributed by atoms with Crippen molar-refractivity contribution in [1.29, 1.82) is 0 Å². The number of aromatic nitrogens is 1. The van der Waals surface area contributed by atoms with Crippen LogP contribution < -0.4 is 10.6 Å². The highest BCUT2D eigenvalue weighted by atomic mass is 16.1. The van der Waals surface area contributed by atoms with E-state index in [-0.39, 0.29) is 5.91 Å². The summed E-state index contributed by atoms with van der Waals surface area (Å²) in [6.45, 7) is 7.05. The predicted molar refractivity (Wildman–Crippen MR) is 86.9 cm³/mol. The van der Waals surface area contributed by atoms with Crippen LogP contribution in [0.25, 0.3) is 0 Å². The monoisotopic (exact) mass is 283 g/mol. The third-order valence-electron chi connectivity index (χ3n) is 3.34. The molecule has 2 N–H and O–H groups in total. The Kier molecular flexibility index (Phi) is 4.93. The zero-order chi connectivity index (χ0) is 15.2. The molecule has 1 aromatic carbocycles. The van der Waals surface area contributed by atoms with Gasteiger partial charge in [-0.15, -0.1) is 0 Å². The molecule has 21 heavy (non-hydrogen) atoms. The molecule has 0 saturated heterocycles. The normalized spacial score (nSPS) is 10.2. The van der Waals surface area contributed by atoms with Gasteiger partial charge in [0.25, 0.3) is 5.91 Å². The van der Waals surface area contributed by atoms with E-state index in [1.165, 1.54) is 5.56 Å². The highest BCUT2D eigenvalue weighted by molar-refractivity contribution is 6.03. The minimum atomic E-state index is -0.196. The summed E-state index contributed by atoms with van der Waals surface area (Å²) in [6, 6.07) is 9.50. The third kappa shape index (κ3) is 4.05. The van der Waals surface area contributed by atoms with Crippen molar-refractivity contribution in [1.82, 2.24) is 4.98 Å². The van der Waals surface area contributed by atoms with Crippen LogP contribution in [0.1, 0.15) is 35.0 Å². The van der Waals surface area contributed by atoms with E-state index in [2.05, 4.69) is 22.5 Å². The van der Waals surface area contributed by atoms with Crippen molar-refractivity contribution in [2.75, 3.05) is 17.2 Å². The second kappa shape index (κ2) is 6.88. The first-order valence-corrected chi connectivity index (χ1v) is 7.18. The number of pyridine rings is 1. The molecule has 0 saturated carbocycles. The molecule has 0 atom stereocenters. The molecule has 1 aromatic heterocycles. The summed E-state index contributed by atoms with van der Waals surface area (Å²) in [5.74, 6) is -0.196. The summed E-state index contributed by atoms with van der Waals surface area (Å²) in [4.78, 5) is 16.4. The highest BCUT2D eigenvalue weighted by Gasteiger charge is 2.08. The van der Waals surface area contributed by atoms with Crippen molar-refractivity contribution in [2.24, 2.45) is 0 Å². The Bertz CT molecular complexity index is 638. The molecule has 0 unspecified atom stereocenters. The Labute approximate surface area is 125 Å². The van der Waals surface area contributed by atoms with Gasteiger partial charge in [-0.2, -0.15) is 0 Å². The van der Waals surface area contributed by atoms with Gasteiger partial charge in [-0.3, -0.25) is 9.78 Å². The second-order valence-electron chi connectivity index (χ2n) is 5.11. The average molecular weight is 283 g/mol. The molecule has 0 fully saturated rings. The Balaban J connectivity index is 2.10. The lowest BCUT2D eigenvalue weighted by Gasteiger charge is -2.09. The fraction of sp³-hybridized carbons (Fsp3) is 0.294. The average Bonchev–Trinajstić information content (AvgIpc) is 2.49. The molecule has 2 rings (SSSR count). The van der Waals surface area contributed by atoms with Crippen LogP contribution in [0, 0.1) is 13.8 Å². The number of nitrogens with one attached hydrogen (secondary N) is 2. The molecule has 1 amide bonds. The Morgan fingerprint density at radius 2 is 1.90 bits per heavy atom. The van der Waals surface area contributed by atoms with Crippen LogP contribution >= 0.6 is 0 Å². The summed E-state index contributed by atoms with van der Waals surface area (Å²) in [7, 11) is 0. The Morgan fingerprint density at radius 3 is 2.62 bits per heavy atom. The number of aryl methyl sites for hydroxylation is 2. The van der Waals surface area contributed by atoms with Gasteiger partial charge < -0.3 is 10.6 Å². The largest absolute Gasteiger partial charge is 0.385 e. The van der Waals surface area contributed by atoms with Gasteiger partial charge in [0.2, 0.25) is 0 Å². The van der Waals surface area contributed by atoms with Crippen LogP contribution in [0.15, 0.2) is 36.5 Å². The number of nitrogens with zero attached hydrogens (tertiary/aromatic N) is 1. The minimum Gasteiger partial charge on any atom is -0.385 e. The van der Waals surface area contributed by atoms with Crippen LogP contribution in [0.3, 0.4) is 0 Å². The van der Waals surface area contributed by atoms with Gasteiger partial charge in [-0.05, 0) is 55.7 Å². The molecule has 0 spiro atoms. The molecule has 0 aliphatic carbocycles. The molecule has 110 valence electrons. The lowest BCUT2D eigenvalue weighted by atomic mass is 10.1. The van der Waals surface area contributed by atoms with Crippen LogP contribution in [0.2, 0.25) is 0 Å². The van der Waals surface area contributed by atoms with E-state index in [1.807, 2.05) is 38.1 Å². The fourth-order valence-electron chi connectivity index (χ4n) is 1.95. The fourth-order valence-corrected chi connectivity index (χ4v) is 1.95. The smallest absolute Gasteiger partial charge is 0.274 e. The van der Waals surface area contributed by atoms with Gasteiger partial charge in [0, 0.05) is 24.1 Å². The van der Waals surface area contributed by atoms with Crippen molar-refractivity contribution in [2.45, 2.75) is 27.2 Å². The van der Waals surface area contributed by atoms with E-state index in [0.29, 0.717) is 5.69 Å². The molecule has 4 heteroatoms. The van der Waals surface area contributed by atoms with E-state index in [9.17, 15) is 4.79 Å². The summed E-state index contributed by atoms with van der Waals surface area (Å²) in [6.07, 6.45) is 2.68. The van der Waals surface area contributed by atoms with E-state index in [4.69, 9.17) is 0 Å². The van der Waals surface area contributed by atoms with E-state index in [1.54, 1.807) is 12.3 Å². The van der Waals surface area contributed by atoms with Gasteiger partial charge in [0.1, 0.15) is 5.69 Å². The van der Waals surface area contributed by atoms with Crippen molar-refractivity contribution >= 4 is 17.3 Å². The van der Waals surface area contributed by atoms with Gasteiger partial charge in [0.05, 0.1) is 0 Å². The number of amides is 1. The lowest BCUT2D eigenvalue weighted by molar-refractivity contribution is 0.102. The van der Waals surface area contributed by atoms with Crippen LogP contribution in [-0.2, 0) is 0 Å². The number of carbonyl (C=O) groups is 1. The van der Waals surface area contributed by atoms with E-state index < -0.39 is 0 Å². The highest BCUT2D eigenvalue weighted by Crippen LogP contribution is 2.15. The molecule has 1 heterocycles. The zero-order valence-corrected chi connectivity index (χ0v) is 12.7. The summed E-state index contributed by atoms with van der Waals surface area (Å²) in [5, 5.41) is 6.13. The lowest BCUT2D eigenvalue weighted by Crippen LogP contribution is -2.14. The molecule has 2 aromatic rings. The van der Waals surface area contributed by atoms with E-state index in [0.717, 1.165) is 29.9 Å². The number of anilines is 2. The van der Waals surface area contributed by atoms with Crippen LogP contribution in [-0.4, -0.2) is 17.4 Å². The van der Waals surface area contributed by atoms with Crippen molar-refractivity contribution in [3.05, 3.63) is 53.3 Å². The second-order valence-corrected chi connectivity index (χ2v) is 5.11. The summed E-state index contributed by atoms with van der Waals surface area (Å²) >= 11 is 0. The standard InChI is InChI=1S/C17H21N3O/c1-4-8-18-14-7-9-19-16(11-14)17(21)20-15-6-5-12(2)13(3)10-15/h5-7,9-11H,4,8H2,1-3H3,(H,18,19)(H,20,21). The number of hydrogen-bond acceptors (Lipinski definition) is 3. The maximum absolute atomic E-state index is 12.2. The van der Waals surface area contributed by atoms with Gasteiger partial charge in [-0.1, -0.05) is 13.0 Å². The van der Waals surface area contributed by atoms with Crippen molar-refractivity contribution in [3.8, 4) is 0 Å². The number of rotatable bonds is 5. The summed E-state index contributed by atoms with van der Waals surface area (Å²) in [5.41, 5.74) is 4.47. The first-order chi connectivity index (χ1) is 10.1. The maximum Gasteiger partial charge on any atom is 0.274 e. The number of carbonyl (C=O) groups excluding carboxylic acids is 1. The third-order valence-corrected chi connectivity index (χ3v) is 3.34. The molecule has 0 radical (unpaired) electrons. The van der Waals surface area contributed by atoms with Crippen LogP contribution in [0.5, 0.6) is 0 Å². The minimum absolute atomic E-state index is 0.196. The van der Waals surface area contributed by atoms with Gasteiger partial charge in [-0.25, -0.2) is 0 Å². The number of hydrogen-bond donors (Lipinski definition) is 2. The molecular formula is C17H21N3O. The molecule has 0 aliphatic heterocycles. The zero-order valence-electron chi connectivity index (χ0n) is 12.7. The van der Waals surface area contributed by atoms with Gasteiger partial charge in [0.15, 0.2) is 0 Å². The Morgan fingerprint density at radius 1 is 1.10 bits per heavy atom. The molecule has 4 nitrogen and oxygen atoms in total. The number of benzene rings is 1. The van der Waals surface area contributed by atoms with Crippen molar-refractivity contribution < 1.29 is 4.79 Å². The van der Waals surface area contributed by atoms with Crippen molar-refractivity contribution in [3.63, 3.8) is 0 Å². The molecule has 0 aliphatic rings. The topological polar surface area (TPSA) is 54.0 Å². The van der Waals surface area contributed by atoms with E-state index >= 15 is 0 Å². The van der Waals surface area contributed by atoms with Crippen LogP contribution in [0.4, 0.5) is 11.4 Å². The SMILES string of the molecule is CCCNc1ccnc(C(=O)Nc2ccc(C)c(C)c2)c1. The first-order valence-electron chi connectivity index (χ1n) is 7.18. The first kappa shape index (κ1) is 15.0. The summed E-state index contributed by atoms with van der Waals surface area (Å²) < 4.78 is 0. The quantitative estimate of drug-likeness (QED) is 0.878. The Hall–Kier alpha value is -2.36.